The molecule has 1 aromatic carbocycles. The van der Waals surface area contributed by atoms with Crippen LogP contribution in [-0.4, -0.2) is 17.6 Å². The molecule has 0 fully saturated rings. The van der Waals surface area contributed by atoms with E-state index in [4.69, 9.17) is 10.5 Å². The van der Waals surface area contributed by atoms with Gasteiger partial charge in [-0.2, -0.15) is 0 Å². The Morgan fingerprint density at radius 1 is 1.40 bits per heavy atom. The van der Waals surface area contributed by atoms with Gasteiger partial charge in [-0.3, -0.25) is 4.98 Å². The summed E-state index contributed by atoms with van der Waals surface area (Å²) in [4.78, 5) is 16.1. The number of carbonyl (C=O) groups is 1. The average molecular weight is 272 g/mol. The maximum atomic E-state index is 11.8. The molecule has 1 heterocycles. The van der Waals surface area contributed by atoms with Crippen LogP contribution >= 0.6 is 0 Å². The van der Waals surface area contributed by atoms with Gasteiger partial charge in [-0.25, -0.2) is 4.79 Å². The highest BCUT2D eigenvalue weighted by Gasteiger charge is 2.15. The third-order valence-corrected chi connectivity index (χ3v) is 3.61. The van der Waals surface area contributed by atoms with Crippen molar-refractivity contribution in [2.45, 2.75) is 33.1 Å². The van der Waals surface area contributed by atoms with Crippen molar-refractivity contribution in [3.8, 4) is 0 Å². The van der Waals surface area contributed by atoms with Crippen LogP contribution in [0, 0.1) is 0 Å². The largest absolute Gasteiger partial charge is 0.462 e. The highest BCUT2D eigenvalue weighted by Crippen LogP contribution is 2.28. The van der Waals surface area contributed by atoms with Crippen LogP contribution in [0.2, 0.25) is 0 Å². The minimum atomic E-state index is -0.423. The number of hydrogen-bond acceptors (Lipinski definition) is 4. The van der Waals surface area contributed by atoms with Gasteiger partial charge in [0.2, 0.25) is 0 Å². The molecule has 1 aromatic heterocycles. The first-order valence-electron chi connectivity index (χ1n) is 6.93. The molecule has 20 heavy (non-hydrogen) atoms. The lowest BCUT2D eigenvalue weighted by molar-refractivity contribution is 0.0527. The number of fused-ring (bicyclic) bond motifs is 1. The third-order valence-electron chi connectivity index (χ3n) is 3.61. The zero-order valence-electron chi connectivity index (χ0n) is 12.1. The molecule has 0 spiro atoms. The average Bonchev–Trinajstić information content (AvgIpc) is 2.46. The normalized spacial score (nSPS) is 12.3. The van der Waals surface area contributed by atoms with Crippen molar-refractivity contribution in [1.29, 1.82) is 0 Å². The quantitative estimate of drug-likeness (QED) is 0.865. The highest BCUT2D eigenvalue weighted by atomic mass is 16.5. The van der Waals surface area contributed by atoms with Crippen molar-refractivity contribution < 1.29 is 9.53 Å². The lowest BCUT2D eigenvalue weighted by Crippen LogP contribution is -2.09. The Kier molecular flexibility index (Phi) is 4.23. The topological polar surface area (TPSA) is 65.2 Å². The Morgan fingerprint density at radius 3 is 2.80 bits per heavy atom. The van der Waals surface area contributed by atoms with Gasteiger partial charge in [0.1, 0.15) is 5.56 Å². The van der Waals surface area contributed by atoms with Crippen molar-refractivity contribution in [3.05, 3.63) is 35.5 Å². The molecule has 0 bridgehead atoms. The lowest BCUT2D eigenvalue weighted by Gasteiger charge is -2.12. The molecule has 0 aliphatic carbocycles. The number of esters is 1. The van der Waals surface area contributed by atoms with Gasteiger partial charge in [-0.15, -0.1) is 0 Å². The summed E-state index contributed by atoms with van der Waals surface area (Å²) < 4.78 is 5.00. The monoisotopic (exact) mass is 272 g/mol. The maximum absolute atomic E-state index is 11.8. The molecule has 0 saturated carbocycles. The molecule has 1 unspecified atom stereocenters. The van der Waals surface area contributed by atoms with Crippen molar-refractivity contribution in [2.75, 3.05) is 12.3 Å². The Labute approximate surface area is 119 Å². The predicted octanol–water partition coefficient (Wildman–Crippen LogP) is 3.51. The van der Waals surface area contributed by atoms with Crippen LogP contribution in [0.3, 0.4) is 0 Å². The lowest BCUT2D eigenvalue weighted by atomic mass is 9.96. The third kappa shape index (κ3) is 2.59. The summed E-state index contributed by atoms with van der Waals surface area (Å²) in [6.07, 6.45) is 2.54. The number of hydrogen-bond donors (Lipinski definition) is 1. The number of nitrogen functional groups attached to an aromatic ring is 1. The standard InChI is InChI=1S/C16H20N2O2/c1-4-10(3)11-6-7-14-12(8-11)15(17)13(9-18-14)16(19)20-5-2/h6-10H,4-5H2,1-3H3,(H2,17,18). The molecule has 0 aliphatic rings. The van der Waals surface area contributed by atoms with Crippen molar-refractivity contribution >= 4 is 22.6 Å². The van der Waals surface area contributed by atoms with E-state index in [-0.39, 0.29) is 0 Å². The molecule has 106 valence electrons. The first kappa shape index (κ1) is 14.3. The Hall–Kier alpha value is -2.10. The molecule has 0 radical (unpaired) electrons. The molecular formula is C16H20N2O2. The van der Waals surface area contributed by atoms with Crippen LogP contribution in [0.5, 0.6) is 0 Å². The van der Waals surface area contributed by atoms with Gasteiger partial charge < -0.3 is 10.5 Å². The molecule has 0 saturated heterocycles. The summed E-state index contributed by atoms with van der Waals surface area (Å²) in [7, 11) is 0. The summed E-state index contributed by atoms with van der Waals surface area (Å²) in [5.74, 6) is 0.0263. The van der Waals surface area contributed by atoms with Crippen LogP contribution in [0.4, 0.5) is 5.69 Å². The molecule has 4 nitrogen and oxygen atoms in total. The molecule has 2 aromatic rings. The highest BCUT2D eigenvalue weighted by molar-refractivity contribution is 6.04. The number of nitrogens with zero attached hydrogens (tertiary/aromatic N) is 1. The molecule has 1 atom stereocenters. The fraction of sp³-hybridized carbons (Fsp3) is 0.375. The molecule has 0 aliphatic heterocycles. The zero-order valence-corrected chi connectivity index (χ0v) is 12.1. The fourth-order valence-corrected chi connectivity index (χ4v) is 2.14. The van der Waals surface area contributed by atoms with E-state index >= 15 is 0 Å². The van der Waals surface area contributed by atoms with Crippen molar-refractivity contribution in [3.63, 3.8) is 0 Å². The molecule has 2 rings (SSSR count). The second-order valence-corrected chi connectivity index (χ2v) is 4.89. The van der Waals surface area contributed by atoms with Gasteiger partial charge in [0.25, 0.3) is 0 Å². The number of pyridine rings is 1. The Morgan fingerprint density at radius 2 is 2.15 bits per heavy atom. The number of ether oxygens (including phenoxy) is 1. The number of rotatable bonds is 4. The second kappa shape index (κ2) is 5.90. The second-order valence-electron chi connectivity index (χ2n) is 4.89. The van der Waals surface area contributed by atoms with E-state index in [0.29, 0.717) is 23.8 Å². The smallest absolute Gasteiger partial charge is 0.341 e. The summed E-state index contributed by atoms with van der Waals surface area (Å²) in [5, 5.41) is 0.813. The summed E-state index contributed by atoms with van der Waals surface area (Å²) >= 11 is 0. The van der Waals surface area contributed by atoms with Gasteiger partial charge >= 0.3 is 5.97 Å². The van der Waals surface area contributed by atoms with E-state index in [0.717, 1.165) is 17.3 Å². The van der Waals surface area contributed by atoms with Crippen molar-refractivity contribution in [1.82, 2.24) is 4.98 Å². The van der Waals surface area contributed by atoms with E-state index in [1.165, 1.54) is 11.8 Å². The van der Waals surface area contributed by atoms with E-state index in [9.17, 15) is 4.79 Å². The number of aromatic nitrogens is 1. The predicted molar refractivity (Wildman–Crippen MR) is 80.8 cm³/mol. The van der Waals surface area contributed by atoms with Crippen LogP contribution in [0.1, 0.15) is 49.0 Å². The molecule has 2 N–H and O–H groups in total. The van der Waals surface area contributed by atoms with E-state index in [1.807, 2.05) is 12.1 Å². The van der Waals surface area contributed by atoms with Gasteiger partial charge in [0.05, 0.1) is 17.8 Å². The van der Waals surface area contributed by atoms with Crippen LogP contribution < -0.4 is 5.73 Å². The molecule has 4 heteroatoms. The maximum Gasteiger partial charge on any atom is 0.341 e. The SMILES string of the molecule is CCOC(=O)c1cnc2ccc(C(C)CC)cc2c1N. The summed E-state index contributed by atoms with van der Waals surface area (Å²) in [5.41, 5.74) is 8.89. The number of carbonyl (C=O) groups excluding carboxylic acids is 1. The number of benzene rings is 1. The van der Waals surface area contributed by atoms with Crippen LogP contribution in [-0.2, 0) is 4.74 Å². The first-order chi connectivity index (χ1) is 9.58. The molecule has 0 amide bonds. The fourth-order valence-electron chi connectivity index (χ4n) is 2.14. The van der Waals surface area contributed by atoms with Gasteiger partial charge in [0.15, 0.2) is 0 Å². The van der Waals surface area contributed by atoms with Gasteiger partial charge in [-0.05, 0) is 37.0 Å². The van der Waals surface area contributed by atoms with E-state index in [2.05, 4.69) is 24.9 Å². The Bertz CT molecular complexity index is 638. The first-order valence-corrected chi connectivity index (χ1v) is 6.93. The summed E-state index contributed by atoms with van der Waals surface area (Å²) in [6, 6.07) is 6.03. The molecular weight excluding hydrogens is 252 g/mol. The van der Waals surface area contributed by atoms with E-state index < -0.39 is 5.97 Å². The zero-order chi connectivity index (χ0) is 14.7. The Balaban J connectivity index is 2.55. The van der Waals surface area contributed by atoms with Crippen LogP contribution in [0.15, 0.2) is 24.4 Å². The van der Waals surface area contributed by atoms with E-state index in [1.54, 1.807) is 6.92 Å². The van der Waals surface area contributed by atoms with Gasteiger partial charge in [-0.1, -0.05) is 19.9 Å². The number of anilines is 1. The number of nitrogens with two attached hydrogens (primary N) is 1. The minimum Gasteiger partial charge on any atom is -0.462 e. The van der Waals surface area contributed by atoms with Crippen molar-refractivity contribution in [2.24, 2.45) is 0 Å². The van der Waals surface area contributed by atoms with Crippen LogP contribution in [0.25, 0.3) is 10.9 Å². The van der Waals surface area contributed by atoms with Gasteiger partial charge in [0, 0.05) is 11.6 Å². The minimum absolute atomic E-state index is 0.323. The summed E-state index contributed by atoms with van der Waals surface area (Å²) in [6.45, 7) is 6.40.